The van der Waals surface area contributed by atoms with Gasteiger partial charge in [-0.05, 0) is 49.8 Å². The molecule has 0 saturated heterocycles. The number of nitrogens with one attached hydrogen (secondary N) is 1. The average Bonchev–Trinajstić information content (AvgIpc) is 2.43. The molecule has 0 unspecified atom stereocenters. The second-order valence-corrected chi connectivity index (χ2v) is 6.14. The maximum absolute atomic E-state index is 13.3. The highest BCUT2D eigenvalue weighted by atomic mass is 32.1. The number of halogens is 1. The van der Waals surface area contributed by atoms with Gasteiger partial charge in [-0.15, -0.1) is 0 Å². The fourth-order valence-electron chi connectivity index (χ4n) is 3.07. The Morgan fingerprint density at radius 3 is 2.65 bits per heavy atom. The summed E-state index contributed by atoms with van der Waals surface area (Å²) in [5, 5.41) is 3.49. The molecular weight excluding hydrogens is 271 g/mol. The van der Waals surface area contributed by atoms with Crippen LogP contribution in [-0.4, -0.2) is 11.0 Å². The first-order chi connectivity index (χ1) is 9.60. The predicted molar refractivity (Wildman–Crippen MR) is 86.6 cm³/mol. The minimum Gasteiger partial charge on any atom is -0.389 e. The van der Waals surface area contributed by atoms with Crippen LogP contribution in [0.4, 0.5) is 10.1 Å². The molecule has 20 heavy (non-hydrogen) atoms. The van der Waals surface area contributed by atoms with Gasteiger partial charge in [0, 0.05) is 17.3 Å². The van der Waals surface area contributed by atoms with Crippen molar-refractivity contribution in [2.24, 2.45) is 11.7 Å². The van der Waals surface area contributed by atoms with E-state index >= 15 is 0 Å². The van der Waals surface area contributed by atoms with E-state index in [4.69, 9.17) is 18.0 Å². The zero-order chi connectivity index (χ0) is 14.5. The highest BCUT2D eigenvalue weighted by Gasteiger charge is 2.21. The SMILES string of the molecule is CCCC1CCC(Nc2ccc(F)cc2C(N)=S)CC1. The molecule has 0 radical (unpaired) electrons. The molecule has 0 aliphatic heterocycles. The lowest BCUT2D eigenvalue weighted by molar-refractivity contribution is 0.319. The van der Waals surface area contributed by atoms with Crippen molar-refractivity contribution < 1.29 is 4.39 Å². The van der Waals surface area contributed by atoms with E-state index in [1.807, 2.05) is 0 Å². The molecular formula is C16H23FN2S. The lowest BCUT2D eigenvalue weighted by atomic mass is 9.83. The summed E-state index contributed by atoms with van der Waals surface area (Å²) in [5.74, 6) is 0.575. The second-order valence-electron chi connectivity index (χ2n) is 5.70. The number of hydrogen-bond donors (Lipinski definition) is 2. The third kappa shape index (κ3) is 3.92. The summed E-state index contributed by atoms with van der Waals surface area (Å²) in [6, 6.07) is 5.05. The smallest absolute Gasteiger partial charge is 0.124 e. The van der Waals surface area contributed by atoms with Gasteiger partial charge in [-0.1, -0.05) is 32.0 Å². The minimum atomic E-state index is -0.301. The molecule has 1 fully saturated rings. The summed E-state index contributed by atoms with van der Waals surface area (Å²) in [6.07, 6.45) is 7.48. The van der Waals surface area contributed by atoms with Crippen molar-refractivity contribution in [2.75, 3.05) is 5.32 Å². The summed E-state index contributed by atoms with van der Waals surface area (Å²) in [5.41, 5.74) is 7.14. The molecule has 1 aromatic carbocycles. The van der Waals surface area contributed by atoms with Gasteiger partial charge in [0.15, 0.2) is 0 Å². The van der Waals surface area contributed by atoms with Gasteiger partial charge in [-0.25, -0.2) is 4.39 Å². The van der Waals surface area contributed by atoms with E-state index in [9.17, 15) is 4.39 Å². The highest BCUT2D eigenvalue weighted by Crippen LogP contribution is 2.30. The summed E-state index contributed by atoms with van der Waals surface area (Å²) in [4.78, 5) is 0.242. The van der Waals surface area contributed by atoms with Crippen LogP contribution in [0, 0.1) is 11.7 Å². The first-order valence-corrected chi connectivity index (χ1v) is 7.87. The average molecular weight is 294 g/mol. The standard InChI is InChI=1S/C16H23FN2S/c1-2-3-11-4-7-13(8-5-11)19-15-9-6-12(17)10-14(15)16(18)20/h6,9-11,13,19H,2-5,7-8H2,1H3,(H2,18,20). The Kier molecular flexibility index (Phi) is 5.35. The third-order valence-corrected chi connectivity index (χ3v) is 4.37. The molecule has 0 amide bonds. The number of thiocarbonyl (C=S) groups is 1. The zero-order valence-electron chi connectivity index (χ0n) is 12.0. The Labute approximate surface area is 125 Å². The Hall–Kier alpha value is -1.16. The van der Waals surface area contributed by atoms with Gasteiger partial charge in [-0.3, -0.25) is 0 Å². The van der Waals surface area contributed by atoms with Crippen molar-refractivity contribution in [3.05, 3.63) is 29.6 Å². The van der Waals surface area contributed by atoms with Gasteiger partial charge in [0.05, 0.1) is 0 Å². The van der Waals surface area contributed by atoms with Crippen molar-refractivity contribution in [1.29, 1.82) is 0 Å². The summed E-state index contributed by atoms with van der Waals surface area (Å²) in [6.45, 7) is 2.25. The second kappa shape index (κ2) is 7.02. The Bertz CT molecular complexity index is 468. The van der Waals surface area contributed by atoms with Crippen molar-refractivity contribution in [3.63, 3.8) is 0 Å². The fraction of sp³-hybridized carbons (Fsp3) is 0.562. The van der Waals surface area contributed by atoms with Crippen LogP contribution in [0.15, 0.2) is 18.2 Å². The first-order valence-electron chi connectivity index (χ1n) is 7.46. The summed E-state index contributed by atoms with van der Waals surface area (Å²) in [7, 11) is 0. The number of hydrogen-bond acceptors (Lipinski definition) is 2. The maximum Gasteiger partial charge on any atom is 0.124 e. The fourth-order valence-corrected chi connectivity index (χ4v) is 3.24. The molecule has 2 rings (SSSR count). The number of nitrogens with two attached hydrogens (primary N) is 1. The molecule has 1 saturated carbocycles. The molecule has 0 bridgehead atoms. The van der Waals surface area contributed by atoms with Crippen LogP contribution in [0.3, 0.4) is 0 Å². The zero-order valence-corrected chi connectivity index (χ0v) is 12.8. The number of rotatable bonds is 5. The van der Waals surface area contributed by atoms with Gasteiger partial charge >= 0.3 is 0 Å². The van der Waals surface area contributed by atoms with E-state index in [0.29, 0.717) is 11.6 Å². The molecule has 1 aliphatic carbocycles. The normalized spacial score (nSPS) is 22.5. The molecule has 0 aromatic heterocycles. The topological polar surface area (TPSA) is 38.0 Å². The van der Waals surface area contributed by atoms with Gasteiger partial charge in [0.2, 0.25) is 0 Å². The molecule has 2 nitrogen and oxygen atoms in total. The highest BCUT2D eigenvalue weighted by molar-refractivity contribution is 7.80. The lowest BCUT2D eigenvalue weighted by Gasteiger charge is -2.30. The van der Waals surface area contributed by atoms with Gasteiger partial charge in [0.25, 0.3) is 0 Å². The number of benzene rings is 1. The molecule has 0 heterocycles. The van der Waals surface area contributed by atoms with E-state index in [-0.39, 0.29) is 10.8 Å². The van der Waals surface area contributed by atoms with Crippen molar-refractivity contribution in [1.82, 2.24) is 0 Å². The Morgan fingerprint density at radius 1 is 1.35 bits per heavy atom. The van der Waals surface area contributed by atoms with Crippen molar-refractivity contribution in [3.8, 4) is 0 Å². The van der Waals surface area contributed by atoms with Crippen LogP contribution >= 0.6 is 12.2 Å². The summed E-state index contributed by atoms with van der Waals surface area (Å²) >= 11 is 5.00. The quantitative estimate of drug-likeness (QED) is 0.798. The van der Waals surface area contributed by atoms with Crippen molar-refractivity contribution in [2.45, 2.75) is 51.5 Å². The molecule has 0 atom stereocenters. The molecule has 3 N–H and O–H groups in total. The van der Waals surface area contributed by atoms with Gasteiger partial charge in [0.1, 0.15) is 10.8 Å². The Morgan fingerprint density at radius 2 is 2.05 bits per heavy atom. The van der Waals surface area contributed by atoms with E-state index in [0.717, 1.165) is 11.6 Å². The van der Waals surface area contributed by atoms with Crippen LogP contribution in [0.25, 0.3) is 0 Å². The molecule has 110 valence electrons. The van der Waals surface area contributed by atoms with E-state index < -0.39 is 0 Å². The lowest BCUT2D eigenvalue weighted by Crippen LogP contribution is -2.27. The monoisotopic (exact) mass is 294 g/mol. The van der Waals surface area contributed by atoms with Gasteiger partial charge in [-0.2, -0.15) is 0 Å². The van der Waals surface area contributed by atoms with Crippen LogP contribution in [0.5, 0.6) is 0 Å². The van der Waals surface area contributed by atoms with Crippen LogP contribution in [0.2, 0.25) is 0 Å². The predicted octanol–water partition coefficient (Wildman–Crippen LogP) is 4.23. The molecule has 0 spiro atoms. The molecule has 1 aromatic rings. The maximum atomic E-state index is 13.3. The van der Waals surface area contributed by atoms with Crippen LogP contribution in [0.1, 0.15) is 51.0 Å². The first kappa shape index (κ1) is 15.2. The third-order valence-electron chi connectivity index (χ3n) is 4.15. The van der Waals surface area contributed by atoms with E-state index in [1.165, 1.54) is 50.7 Å². The summed E-state index contributed by atoms with van der Waals surface area (Å²) < 4.78 is 13.3. The number of anilines is 1. The van der Waals surface area contributed by atoms with Crippen molar-refractivity contribution >= 4 is 22.9 Å². The largest absolute Gasteiger partial charge is 0.389 e. The Balaban J connectivity index is 1.99. The minimum absolute atomic E-state index is 0.242. The van der Waals surface area contributed by atoms with Crippen LogP contribution in [-0.2, 0) is 0 Å². The molecule has 1 aliphatic rings. The van der Waals surface area contributed by atoms with Gasteiger partial charge < -0.3 is 11.1 Å². The van der Waals surface area contributed by atoms with E-state index in [1.54, 1.807) is 6.07 Å². The van der Waals surface area contributed by atoms with Crippen LogP contribution < -0.4 is 11.1 Å². The van der Waals surface area contributed by atoms with E-state index in [2.05, 4.69) is 12.2 Å². The molecule has 4 heteroatoms.